The van der Waals surface area contributed by atoms with Crippen molar-refractivity contribution in [2.75, 3.05) is 0 Å². The highest BCUT2D eigenvalue weighted by Gasteiger charge is 2.31. The number of nitrogens with one attached hydrogen (secondary N) is 1. The van der Waals surface area contributed by atoms with E-state index in [4.69, 9.17) is 0 Å². The van der Waals surface area contributed by atoms with Crippen molar-refractivity contribution in [3.8, 4) is 0 Å². The molecule has 2 saturated carbocycles. The highest BCUT2D eigenvalue weighted by atomic mass is 32.2. The molecule has 3 rings (SSSR count). The van der Waals surface area contributed by atoms with Gasteiger partial charge in [-0.2, -0.15) is 0 Å². The molecule has 0 aromatic rings. The molecular weight excluding hydrogens is 282 g/mol. The third-order valence-corrected chi connectivity index (χ3v) is 6.32. The molecule has 3 nitrogen and oxygen atoms in total. The lowest BCUT2D eigenvalue weighted by Crippen LogP contribution is -2.25. The van der Waals surface area contributed by atoms with Gasteiger partial charge in [0.05, 0.1) is 4.91 Å². The van der Waals surface area contributed by atoms with Gasteiger partial charge in [0, 0.05) is 0 Å². The van der Waals surface area contributed by atoms with Gasteiger partial charge in [-0.05, 0) is 67.5 Å². The molecule has 116 valence electrons. The molecule has 0 aromatic carbocycles. The van der Waals surface area contributed by atoms with Crippen LogP contribution in [-0.4, -0.2) is 11.1 Å². The lowest BCUT2D eigenvalue weighted by Gasteiger charge is -2.37. The molecule has 2 aliphatic carbocycles. The summed E-state index contributed by atoms with van der Waals surface area (Å²) in [6, 6.07) is 0. The van der Waals surface area contributed by atoms with Crippen LogP contribution in [0.3, 0.4) is 0 Å². The van der Waals surface area contributed by atoms with E-state index in [0.29, 0.717) is 10.8 Å². The normalized spacial score (nSPS) is 39.6. The van der Waals surface area contributed by atoms with E-state index in [-0.39, 0.29) is 11.1 Å². The van der Waals surface area contributed by atoms with Crippen LogP contribution < -0.4 is 5.32 Å². The summed E-state index contributed by atoms with van der Waals surface area (Å²) >= 11 is 1.06. The van der Waals surface area contributed by atoms with Crippen molar-refractivity contribution in [3.05, 3.63) is 11.0 Å². The number of amides is 2. The molecule has 0 spiro atoms. The number of carbonyl (C=O) groups is 2. The zero-order valence-corrected chi connectivity index (χ0v) is 13.6. The van der Waals surface area contributed by atoms with Crippen molar-refractivity contribution in [1.29, 1.82) is 0 Å². The zero-order valence-electron chi connectivity index (χ0n) is 12.8. The first-order valence-electron chi connectivity index (χ1n) is 8.37. The number of thioether (sulfide) groups is 1. The Bertz CT molecular complexity index is 452. The fourth-order valence-electron chi connectivity index (χ4n) is 4.34. The summed E-state index contributed by atoms with van der Waals surface area (Å²) in [5.74, 6) is 3.03. The summed E-state index contributed by atoms with van der Waals surface area (Å²) in [6.45, 7) is 2.40. The van der Waals surface area contributed by atoms with Gasteiger partial charge in [0.2, 0.25) is 0 Å². The smallest absolute Gasteiger partial charge is 0.282 e. The number of hydrogen-bond donors (Lipinski definition) is 1. The monoisotopic (exact) mass is 307 g/mol. The SMILES string of the molecule is CC1CCCC(C2CCC(/C=C3\SC(=O)NC3=O)CC2)C1. The lowest BCUT2D eigenvalue weighted by molar-refractivity contribution is -0.115. The Morgan fingerprint density at radius 3 is 2.43 bits per heavy atom. The van der Waals surface area contributed by atoms with Crippen molar-refractivity contribution in [2.45, 2.75) is 58.3 Å². The maximum atomic E-state index is 11.6. The van der Waals surface area contributed by atoms with Gasteiger partial charge >= 0.3 is 0 Å². The van der Waals surface area contributed by atoms with Gasteiger partial charge in [-0.1, -0.05) is 32.3 Å². The number of hydrogen-bond acceptors (Lipinski definition) is 3. The lowest BCUT2D eigenvalue weighted by atomic mass is 9.69. The third-order valence-electron chi connectivity index (χ3n) is 5.49. The van der Waals surface area contributed by atoms with Crippen LogP contribution in [0.1, 0.15) is 58.3 Å². The van der Waals surface area contributed by atoms with E-state index in [2.05, 4.69) is 12.2 Å². The molecule has 21 heavy (non-hydrogen) atoms. The molecule has 4 heteroatoms. The van der Waals surface area contributed by atoms with E-state index in [1.807, 2.05) is 6.08 Å². The van der Waals surface area contributed by atoms with E-state index in [0.717, 1.165) is 29.5 Å². The molecule has 0 radical (unpaired) electrons. The third kappa shape index (κ3) is 3.71. The van der Waals surface area contributed by atoms with Gasteiger partial charge in [0.1, 0.15) is 0 Å². The second-order valence-electron chi connectivity index (χ2n) is 7.08. The van der Waals surface area contributed by atoms with E-state index in [9.17, 15) is 9.59 Å². The van der Waals surface area contributed by atoms with E-state index >= 15 is 0 Å². The highest BCUT2D eigenvalue weighted by Crippen LogP contribution is 2.42. The topological polar surface area (TPSA) is 46.2 Å². The number of allylic oxidation sites excluding steroid dienone is 1. The Hall–Kier alpha value is -0.770. The van der Waals surface area contributed by atoms with Gasteiger partial charge in [0.25, 0.3) is 11.1 Å². The first kappa shape index (κ1) is 15.1. The Kier molecular flexibility index (Phi) is 4.72. The maximum Gasteiger partial charge on any atom is 0.290 e. The average Bonchev–Trinajstić information content (AvgIpc) is 2.78. The molecular formula is C17H25NO2S. The fraction of sp³-hybridized carbons (Fsp3) is 0.765. The van der Waals surface area contributed by atoms with Gasteiger partial charge in [-0.25, -0.2) is 0 Å². The van der Waals surface area contributed by atoms with E-state index in [1.165, 1.54) is 51.4 Å². The van der Waals surface area contributed by atoms with Gasteiger partial charge in [-0.15, -0.1) is 0 Å². The van der Waals surface area contributed by atoms with Crippen molar-refractivity contribution in [3.63, 3.8) is 0 Å². The molecule has 2 unspecified atom stereocenters. The molecule has 3 fully saturated rings. The Morgan fingerprint density at radius 1 is 1.05 bits per heavy atom. The van der Waals surface area contributed by atoms with Crippen LogP contribution in [0.5, 0.6) is 0 Å². The molecule has 1 N–H and O–H groups in total. The minimum atomic E-state index is -0.226. The Morgan fingerprint density at radius 2 is 1.81 bits per heavy atom. The summed E-state index contributed by atoms with van der Waals surface area (Å²) in [6.07, 6.45) is 12.7. The minimum absolute atomic E-state index is 0.201. The van der Waals surface area contributed by atoms with Crippen molar-refractivity contribution in [1.82, 2.24) is 5.32 Å². The van der Waals surface area contributed by atoms with E-state index in [1.54, 1.807) is 0 Å². The van der Waals surface area contributed by atoms with Gasteiger partial charge < -0.3 is 0 Å². The molecule has 1 saturated heterocycles. The summed E-state index contributed by atoms with van der Waals surface area (Å²) in [5, 5.41) is 2.11. The number of rotatable bonds is 2. The van der Waals surface area contributed by atoms with Gasteiger partial charge in [0.15, 0.2) is 0 Å². The molecule has 0 bridgehead atoms. The van der Waals surface area contributed by atoms with Crippen LogP contribution >= 0.6 is 11.8 Å². The predicted octanol–water partition coefficient (Wildman–Crippen LogP) is 4.49. The predicted molar refractivity (Wildman–Crippen MR) is 85.8 cm³/mol. The first-order chi connectivity index (χ1) is 10.1. The zero-order chi connectivity index (χ0) is 14.8. The Labute approximate surface area is 131 Å². The molecule has 2 atom stereocenters. The van der Waals surface area contributed by atoms with Crippen molar-refractivity contribution < 1.29 is 9.59 Å². The Balaban J connectivity index is 1.52. The van der Waals surface area contributed by atoms with Crippen LogP contribution in [0.4, 0.5) is 4.79 Å². The molecule has 0 aromatic heterocycles. The highest BCUT2D eigenvalue weighted by molar-refractivity contribution is 8.18. The number of imide groups is 1. The summed E-state index contributed by atoms with van der Waals surface area (Å²) < 4.78 is 0. The van der Waals surface area contributed by atoms with Crippen LogP contribution in [0.25, 0.3) is 0 Å². The first-order valence-corrected chi connectivity index (χ1v) is 9.18. The van der Waals surface area contributed by atoms with E-state index < -0.39 is 0 Å². The van der Waals surface area contributed by atoms with Gasteiger partial charge in [-0.3, -0.25) is 14.9 Å². The summed E-state index contributed by atoms with van der Waals surface area (Å²) in [7, 11) is 0. The largest absolute Gasteiger partial charge is 0.290 e. The second-order valence-corrected chi connectivity index (χ2v) is 8.10. The van der Waals surface area contributed by atoms with Crippen LogP contribution in [0.15, 0.2) is 11.0 Å². The standard InChI is InChI=1S/C17H25NO2S/c1-11-3-2-4-14(9-11)13-7-5-12(6-8-13)10-15-16(19)18-17(20)21-15/h10-14H,2-9H2,1H3,(H,18,19,20)/b15-10-. The van der Waals surface area contributed by atoms with Crippen LogP contribution in [0, 0.1) is 23.7 Å². The van der Waals surface area contributed by atoms with Crippen molar-refractivity contribution in [2.24, 2.45) is 23.7 Å². The molecule has 2 amide bonds. The minimum Gasteiger partial charge on any atom is -0.282 e. The summed E-state index contributed by atoms with van der Waals surface area (Å²) in [5.41, 5.74) is 0. The van der Waals surface area contributed by atoms with Crippen molar-refractivity contribution >= 4 is 22.9 Å². The fourth-order valence-corrected chi connectivity index (χ4v) is 5.09. The quantitative estimate of drug-likeness (QED) is 0.765. The van der Waals surface area contributed by atoms with Crippen LogP contribution in [-0.2, 0) is 4.79 Å². The molecule has 1 aliphatic heterocycles. The second kappa shape index (κ2) is 6.55. The molecule has 3 aliphatic rings. The van der Waals surface area contributed by atoms with Crippen LogP contribution in [0.2, 0.25) is 0 Å². The number of carbonyl (C=O) groups excluding carboxylic acids is 2. The maximum absolute atomic E-state index is 11.6. The molecule has 1 heterocycles. The summed E-state index contributed by atoms with van der Waals surface area (Å²) in [4.78, 5) is 23.4. The average molecular weight is 307 g/mol.